The number of rotatable bonds is 2. The third-order valence-corrected chi connectivity index (χ3v) is 3.38. The summed E-state index contributed by atoms with van der Waals surface area (Å²) < 4.78 is 24.0. The van der Waals surface area contributed by atoms with Crippen molar-refractivity contribution in [3.8, 4) is 11.5 Å². The molecule has 0 unspecified atom stereocenters. The Morgan fingerprint density at radius 3 is 2.76 bits per heavy atom. The highest BCUT2D eigenvalue weighted by Gasteiger charge is 2.21. The van der Waals surface area contributed by atoms with Crippen molar-refractivity contribution >= 4 is 34.8 Å². The van der Waals surface area contributed by atoms with Gasteiger partial charge in [-0.2, -0.15) is 0 Å². The molecule has 0 spiro atoms. The molecule has 4 nitrogen and oxygen atoms in total. The van der Waals surface area contributed by atoms with Crippen LogP contribution in [-0.4, -0.2) is 12.7 Å². The predicted octanol–water partition coefficient (Wildman–Crippen LogP) is 4.11. The fourth-order valence-corrected chi connectivity index (χ4v) is 2.31. The highest BCUT2D eigenvalue weighted by atomic mass is 35.5. The first-order valence-electron chi connectivity index (χ1n) is 5.90. The van der Waals surface area contributed by atoms with Crippen LogP contribution in [0.25, 0.3) is 0 Å². The second-order valence-electron chi connectivity index (χ2n) is 4.27. The van der Waals surface area contributed by atoms with E-state index in [0.717, 1.165) is 6.07 Å². The smallest absolute Gasteiger partial charge is 0.255 e. The maximum atomic E-state index is 13.7. The maximum absolute atomic E-state index is 13.7. The third kappa shape index (κ3) is 2.75. The molecule has 2 aromatic rings. The van der Waals surface area contributed by atoms with Crippen molar-refractivity contribution in [3.63, 3.8) is 0 Å². The van der Waals surface area contributed by atoms with E-state index in [9.17, 15) is 9.18 Å². The van der Waals surface area contributed by atoms with Crippen LogP contribution in [0.1, 0.15) is 10.4 Å². The number of hydrogen-bond acceptors (Lipinski definition) is 3. The predicted molar refractivity (Wildman–Crippen MR) is 76.9 cm³/mol. The molecule has 1 heterocycles. The van der Waals surface area contributed by atoms with Crippen molar-refractivity contribution in [1.29, 1.82) is 0 Å². The standard InChI is InChI=1S/C14H8Cl2FNO3/c15-8-1-2-11(10(17)5-8)18-14(19)7-3-9(16)13-12(4-7)20-6-21-13/h1-5H,6H2,(H,18,19). The number of benzene rings is 2. The first-order chi connectivity index (χ1) is 10.0. The fraction of sp³-hybridized carbons (Fsp3) is 0.0714. The number of halogens is 3. The summed E-state index contributed by atoms with van der Waals surface area (Å²) in [5.74, 6) is -0.366. The molecule has 7 heteroatoms. The van der Waals surface area contributed by atoms with Gasteiger partial charge in [-0.15, -0.1) is 0 Å². The highest BCUT2D eigenvalue weighted by molar-refractivity contribution is 6.33. The average Bonchev–Trinajstić information content (AvgIpc) is 2.90. The topological polar surface area (TPSA) is 47.6 Å². The summed E-state index contributed by atoms with van der Waals surface area (Å²) in [5, 5.41) is 2.95. The Kier molecular flexibility index (Phi) is 3.61. The number of nitrogens with one attached hydrogen (secondary N) is 1. The minimum absolute atomic E-state index is 0.0261. The van der Waals surface area contributed by atoms with Gasteiger partial charge in [0.2, 0.25) is 6.79 Å². The third-order valence-electron chi connectivity index (χ3n) is 2.87. The molecule has 108 valence electrons. The SMILES string of the molecule is O=C(Nc1ccc(Cl)cc1F)c1cc(Cl)c2c(c1)OCO2. The monoisotopic (exact) mass is 327 g/mol. The zero-order chi connectivity index (χ0) is 15.0. The lowest BCUT2D eigenvalue weighted by molar-refractivity contribution is 0.102. The number of ether oxygens (including phenoxy) is 2. The zero-order valence-electron chi connectivity index (χ0n) is 10.5. The number of carbonyl (C=O) groups is 1. The van der Waals surface area contributed by atoms with Crippen LogP contribution in [0.4, 0.5) is 10.1 Å². The van der Waals surface area contributed by atoms with E-state index in [1.165, 1.54) is 24.3 Å². The molecule has 21 heavy (non-hydrogen) atoms. The van der Waals surface area contributed by atoms with Crippen LogP contribution in [0, 0.1) is 5.82 Å². The molecule has 1 aliphatic rings. The van der Waals surface area contributed by atoms with Gasteiger partial charge < -0.3 is 14.8 Å². The molecule has 0 radical (unpaired) electrons. The molecular formula is C14H8Cl2FNO3. The lowest BCUT2D eigenvalue weighted by Crippen LogP contribution is -2.13. The average molecular weight is 328 g/mol. The van der Waals surface area contributed by atoms with Crippen LogP contribution in [0.3, 0.4) is 0 Å². The fourth-order valence-electron chi connectivity index (χ4n) is 1.88. The van der Waals surface area contributed by atoms with Crippen LogP contribution in [-0.2, 0) is 0 Å². The molecule has 0 saturated carbocycles. The first kappa shape index (κ1) is 14.0. The van der Waals surface area contributed by atoms with Gasteiger partial charge in [0.05, 0.1) is 10.7 Å². The van der Waals surface area contributed by atoms with Crippen molar-refractivity contribution in [2.75, 3.05) is 12.1 Å². The van der Waals surface area contributed by atoms with Crippen LogP contribution in [0.5, 0.6) is 11.5 Å². The summed E-state index contributed by atoms with van der Waals surface area (Å²) in [6.07, 6.45) is 0. The lowest BCUT2D eigenvalue weighted by atomic mass is 10.2. The van der Waals surface area contributed by atoms with E-state index in [-0.39, 0.29) is 28.1 Å². The molecule has 2 aromatic carbocycles. The molecule has 0 bridgehead atoms. The summed E-state index contributed by atoms with van der Waals surface area (Å²) in [6, 6.07) is 6.89. The minimum Gasteiger partial charge on any atom is -0.454 e. The highest BCUT2D eigenvalue weighted by Crippen LogP contribution is 2.39. The van der Waals surface area contributed by atoms with Gasteiger partial charge >= 0.3 is 0 Å². The Morgan fingerprint density at radius 2 is 2.00 bits per heavy atom. The molecule has 0 atom stereocenters. The minimum atomic E-state index is -0.623. The second-order valence-corrected chi connectivity index (χ2v) is 5.11. The summed E-state index contributed by atoms with van der Waals surface area (Å²) in [5.41, 5.74) is 0.261. The quantitative estimate of drug-likeness (QED) is 0.902. The molecule has 1 aliphatic heterocycles. The van der Waals surface area contributed by atoms with Gasteiger partial charge in [-0.3, -0.25) is 4.79 Å². The van der Waals surface area contributed by atoms with E-state index >= 15 is 0 Å². The normalized spacial score (nSPS) is 12.3. The molecule has 1 amide bonds. The van der Waals surface area contributed by atoms with E-state index in [1.54, 1.807) is 0 Å². The molecular weight excluding hydrogens is 320 g/mol. The molecule has 3 rings (SSSR count). The lowest BCUT2D eigenvalue weighted by Gasteiger charge is -2.08. The van der Waals surface area contributed by atoms with Gasteiger partial charge in [0.1, 0.15) is 5.82 Å². The Balaban J connectivity index is 1.87. The van der Waals surface area contributed by atoms with E-state index in [4.69, 9.17) is 32.7 Å². The summed E-state index contributed by atoms with van der Waals surface area (Å²) >= 11 is 11.7. The van der Waals surface area contributed by atoms with Gasteiger partial charge in [-0.1, -0.05) is 23.2 Å². The molecule has 0 fully saturated rings. The van der Waals surface area contributed by atoms with Crippen LogP contribution in [0.2, 0.25) is 10.0 Å². The summed E-state index contributed by atoms with van der Waals surface area (Å²) in [4.78, 5) is 12.1. The van der Waals surface area contributed by atoms with E-state index in [2.05, 4.69) is 5.32 Å². The number of anilines is 1. The molecule has 0 aliphatic carbocycles. The molecule has 1 N–H and O–H groups in total. The van der Waals surface area contributed by atoms with Gasteiger partial charge in [0, 0.05) is 10.6 Å². The van der Waals surface area contributed by atoms with Gasteiger partial charge in [-0.05, 0) is 30.3 Å². The van der Waals surface area contributed by atoms with Gasteiger partial charge in [0.15, 0.2) is 11.5 Å². The Bertz CT molecular complexity index is 736. The van der Waals surface area contributed by atoms with Gasteiger partial charge in [-0.25, -0.2) is 4.39 Å². The largest absolute Gasteiger partial charge is 0.454 e. The zero-order valence-corrected chi connectivity index (χ0v) is 12.0. The summed E-state index contributed by atoms with van der Waals surface area (Å²) in [7, 11) is 0. The van der Waals surface area contributed by atoms with Crippen molar-refractivity contribution in [2.24, 2.45) is 0 Å². The number of amides is 1. The van der Waals surface area contributed by atoms with Crippen LogP contribution in [0.15, 0.2) is 30.3 Å². The number of fused-ring (bicyclic) bond motifs is 1. The molecule has 0 saturated heterocycles. The van der Waals surface area contributed by atoms with Crippen molar-refractivity contribution in [1.82, 2.24) is 0 Å². The number of carbonyl (C=O) groups excluding carboxylic acids is 1. The van der Waals surface area contributed by atoms with Crippen LogP contribution < -0.4 is 14.8 Å². The van der Waals surface area contributed by atoms with E-state index in [0.29, 0.717) is 11.5 Å². The van der Waals surface area contributed by atoms with Crippen molar-refractivity contribution in [2.45, 2.75) is 0 Å². The van der Waals surface area contributed by atoms with Crippen LogP contribution >= 0.6 is 23.2 Å². The van der Waals surface area contributed by atoms with Crippen molar-refractivity contribution < 1.29 is 18.7 Å². The molecule has 0 aromatic heterocycles. The first-order valence-corrected chi connectivity index (χ1v) is 6.66. The Morgan fingerprint density at radius 1 is 1.19 bits per heavy atom. The van der Waals surface area contributed by atoms with Gasteiger partial charge in [0.25, 0.3) is 5.91 Å². The van der Waals surface area contributed by atoms with E-state index < -0.39 is 11.7 Å². The second kappa shape index (κ2) is 5.42. The maximum Gasteiger partial charge on any atom is 0.255 e. The van der Waals surface area contributed by atoms with Crippen molar-refractivity contribution in [3.05, 3.63) is 51.8 Å². The Labute approximate surface area is 129 Å². The Hall–Kier alpha value is -1.98. The van der Waals surface area contributed by atoms with E-state index in [1.807, 2.05) is 0 Å². The summed E-state index contributed by atoms with van der Waals surface area (Å²) in [6.45, 7) is 0.0476. The number of hydrogen-bond donors (Lipinski definition) is 1.